The largest absolute Gasteiger partial charge is 0.389 e. The molecule has 0 aromatic heterocycles. The quantitative estimate of drug-likeness (QED) is 0.735. The van der Waals surface area contributed by atoms with Crippen molar-refractivity contribution >= 4 is 0 Å². The second kappa shape index (κ2) is 5.28. The van der Waals surface area contributed by atoms with Crippen molar-refractivity contribution in [3.63, 3.8) is 0 Å². The van der Waals surface area contributed by atoms with Gasteiger partial charge in [0.2, 0.25) is 0 Å². The second-order valence-corrected chi connectivity index (χ2v) is 5.48. The predicted octanol–water partition coefficient (Wildman–Crippen LogP) is 1.08. The van der Waals surface area contributed by atoms with E-state index in [1.165, 1.54) is 6.42 Å². The van der Waals surface area contributed by atoms with Gasteiger partial charge in [0.1, 0.15) is 0 Å². The lowest BCUT2D eigenvalue weighted by Crippen LogP contribution is -2.51. The van der Waals surface area contributed by atoms with E-state index in [0.717, 1.165) is 26.2 Å². The van der Waals surface area contributed by atoms with Crippen molar-refractivity contribution in [2.75, 3.05) is 26.2 Å². The molecule has 1 aliphatic rings. The molecule has 1 aliphatic heterocycles. The molecule has 3 nitrogen and oxygen atoms in total. The molecule has 2 atom stereocenters. The summed E-state index contributed by atoms with van der Waals surface area (Å²) >= 11 is 0. The molecule has 0 aromatic rings. The number of nitrogens with one attached hydrogen (secondary N) is 1. The highest BCUT2D eigenvalue weighted by Gasteiger charge is 2.27. The lowest BCUT2D eigenvalue weighted by Gasteiger charge is -2.39. The molecule has 0 amide bonds. The highest BCUT2D eigenvalue weighted by Crippen LogP contribution is 2.18. The smallest absolute Gasteiger partial charge is 0.0718 e. The van der Waals surface area contributed by atoms with Crippen LogP contribution in [-0.2, 0) is 0 Å². The van der Waals surface area contributed by atoms with Crippen molar-refractivity contribution in [1.29, 1.82) is 0 Å². The Morgan fingerprint density at radius 1 is 1.47 bits per heavy atom. The minimum atomic E-state index is -0.565. The molecule has 3 heteroatoms. The molecule has 90 valence electrons. The molecule has 0 aliphatic carbocycles. The molecule has 0 radical (unpaired) electrons. The molecule has 15 heavy (non-hydrogen) atoms. The van der Waals surface area contributed by atoms with Crippen molar-refractivity contribution in [3.8, 4) is 0 Å². The standard InChI is InChI=1S/C12H26N2O/c1-5-13-11-6-7-14(8-10(11)2)9-12(3,4)15/h10-11,13,15H,5-9H2,1-4H3. The first-order chi connectivity index (χ1) is 6.92. The van der Waals surface area contributed by atoms with E-state index in [1.807, 2.05) is 13.8 Å². The number of likely N-dealkylation sites (tertiary alicyclic amines) is 1. The first-order valence-corrected chi connectivity index (χ1v) is 6.10. The van der Waals surface area contributed by atoms with Crippen LogP contribution in [0.1, 0.15) is 34.1 Å². The third-order valence-electron chi connectivity index (χ3n) is 3.07. The number of rotatable bonds is 4. The van der Waals surface area contributed by atoms with Gasteiger partial charge in [0.15, 0.2) is 0 Å². The Hall–Kier alpha value is -0.120. The first kappa shape index (κ1) is 12.9. The van der Waals surface area contributed by atoms with Gasteiger partial charge in [-0.25, -0.2) is 0 Å². The van der Waals surface area contributed by atoms with Gasteiger partial charge in [-0.2, -0.15) is 0 Å². The fourth-order valence-corrected chi connectivity index (χ4v) is 2.49. The van der Waals surface area contributed by atoms with E-state index in [9.17, 15) is 5.11 Å². The summed E-state index contributed by atoms with van der Waals surface area (Å²) in [7, 11) is 0. The fourth-order valence-electron chi connectivity index (χ4n) is 2.49. The lowest BCUT2D eigenvalue weighted by molar-refractivity contribution is 0.0177. The molecular weight excluding hydrogens is 188 g/mol. The molecule has 0 bridgehead atoms. The van der Waals surface area contributed by atoms with Crippen LogP contribution in [0.25, 0.3) is 0 Å². The van der Waals surface area contributed by atoms with Crippen LogP contribution in [0.3, 0.4) is 0 Å². The molecule has 1 fully saturated rings. The molecule has 0 aromatic carbocycles. The van der Waals surface area contributed by atoms with Crippen LogP contribution >= 0.6 is 0 Å². The molecular formula is C12H26N2O. The molecule has 1 rings (SSSR count). The Bertz CT molecular complexity index is 189. The van der Waals surface area contributed by atoms with Gasteiger partial charge in [-0.15, -0.1) is 0 Å². The van der Waals surface area contributed by atoms with Crippen molar-refractivity contribution in [1.82, 2.24) is 10.2 Å². The number of aliphatic hydroxyl groups is 1. The third-order valence-corrected chi connectivity index (χ3v) is 3.07. The Kier molecular flexibility index (Phi) is 4.56. The van der Waals surface area contributed by atoms with E-state index in [-0.39, 0.29) is 0 Å². The normalized spacial score (nSPS) is 29.4. The van der Waals surface area contributed by atoms with Crippen LogP contribution in [0.5, 0.6) is 0 Å². The van der Waals surface area contributed by atoms with Crippen LogP contribution < -0.4 is 5.32 Å². The second-order valence-electron chi connectivity index (χ2n) is 5.48. The van der Waals surface area contributed by atoms with Crippen molar-refractivity contribution in [2.45, 2.75) is 45.8 Å². The Morgan fingerprint density at radius 3 is 2.60 bits per heavy atom. The third kappa shape index (κ3) is 4.49. The summed E-state index contributed by atoms with van der Waals surface area (Å²) in [5.74, 6) is 0.682. The van der Waals surface area contributed by atoms with Crippen LogP contribution in [-0.4, -0.2) is 47.8 Å². The number of nitrogens with zero attached hydrogens (tertiary/aromatic N) is 1. The molecule has 0 spiro atoms. The van der Waals surface area contributed by atoms with Crippen LogP contribution in [0.2, 0.25) is 0 Å². The van der Waals surface area contributed by atoms with Gasteiger partial charge in [-0.3, -0.25) is 0 Å². The minimum Gasteiger partial charge on any atom is -0.389 e. The van der Waals surface area contributed by atoms with Gasteiger partial charge in [0.25, 0.3) is 0 Å². The molecule has 2 N–H and O–H groups in total. The Morgan fingerprint density at radius 2 is 2.13 bits per heavy atom. The molecule has 0 saturated carbocycles. The summed E-state index contributed by atoms with van der Waals surface area (Å²) in [6.07, 6.45) is 1.20. The maximum absolute atomic E-state index is 9.77. The predicted molar refractivity (Wildman–Crippen MR) is 64.0 cm³/mol. The maximum Gasteiger partial charge on any atom is 0.0718 e. The van der Waals surface area contributed by atoms with E-state index >= 15 is 0 Å². The average molecular weight is 214 g/mol. The summed E-state index contributed by atoms with van der Waals surface area (Å²) in [6, 6.07) is 0.660. The maximum atomic E-state index is 9.77. The van der Waals surface area contributed by atoms with Gasteiger partial charge in [0.05, 0.1) is 5.60 Å². The van der Waals surface area contributed by atoms with Gasteiger partial charge >= 0.3 is 0 Å². The average Bonchev–Trinajstić information content (AvgIpc) is 2.07. The highest BCUT2D eigenvalue weighted by molar-refractivity contribution is 4.84. The van der Waals surface area contributed by atoms with Gasteiger partial charge < -0.3 is 15.3 Å². The monoisotopic (exact) mass is 214 g/mol. The first-order valence-electron chi connectivity index (χ1n) is 6.10. The molecule has 1 saturated heterocycles. The van der Waals surface area contributed by atoms with E-state index < -0.39 is 5.60 Å². The number of piperidine rings is 1. The zero-order valence-corrected chi connectivity index (χ0v) is 10.6. The van der Waals surface area contributed by atoms with Gasteiger partial charge in [0, 0.05) is 19.1 Å². The minimum absolute atomic E-state index is 0.565. The van der Waals surface area contributed by atoms with Crippen molar-refractivity contribution in [3.05, 3.63) is 0 Å². The Balaban J connectivity index is 2.37. The number of β-amino-alcohol motifs (C(OH)–C–C–N with tert-alkyl or cyclic N) is 1. The van der Waals surface area contributed by atoms with Crippen LogP contribution in [0, 0.1) is 5.92 Å². The molecule has 2 unspecified atom stereocenters. The Labute approximate surface area is 93.9 Å². The number of hydrogen-bond donors (Lipinski definition) is 2. The summed E-state index contributed by atoms with van der Waals surface area (Å²) in [5.41, 5.74) is -0.565. The van der Waals surface area contributed by atoms with E-state index in [1.54, 1.807) is 0 Å². The summed E-state index contributed by atoms with van der Waals surface area (Å²) in [5, 5.41) is 13.3. The zero-order chi connectivity index (χ0) is 11.5. The van der Waals surface area contributed by atoms with Gasteiger partial charge in [-0.1, -0.05) is 13.8 Å². The van der Waals surface area contributed by atoms with Crippen LogP contribution in [0.15, 0.2) is 0 Å². The summed E-state index contributed by atoms with van der Waals surface area (Å²) in [6.45, 7) is 12.3. The highest BCUT2D eigenvalue weighted by atomic mass is 16.3. The van der Waals surface area contributed by atoms with E-state index in [0.29, 0.717) is 12.0 Å². The van der Waals surface area contributed by atoms with E-state index in [4.69, 9.17) is 0 Å². The number of hydrogen-bond acceptors (Lipinski definition) is 3. The zero-order valence-electron chi connectivity index (χ0n) is 10.6. The van der Waals surface area contributed by atoms with Gasteiger partial charge in [-0.05, 0) is 39.3 Å². The lowest BCUT2D eigenvalue weighted by atomic mass is 9.93. The molecule has 1 heterocycles. The SMILES string of the molecule is CCNC1CCN(CC(C)(C)O)CC1C. The van der Waals surface area contributed by atoms with E-state index in [2.05, 4.69) is 24.1 Å². The summed E-state index contributed by atoms with van der Waals surface area (Å²) < 4.78 is 0. The van der Waals surface area contributed by atoms with Crippen LogP contribution in [0.4, 0.5) is 0 Å². The fraction of sp³-hybridized carbons (Fsp3) is 1.00. The van der Waals surface area contributed by atoms with Crippen molar-refractivity contribution in [2.24, 2.45) is 5.92 Å². The summed E-state index contributed by atoms with van der Waals surface area (Å²) in [4.78, 5) is 2.37. The topological polar surface area (TPSA) is 35.5 Å². The van der Waals surface area contributed by atoms with Crippen molar-refractivity contribution < 1.29 is 5.11 Å².